The van der Waals surface area contributed by atoms with Crippen molar-refractivity contribution in [3.63, 3.8) is 0 Å². The maximum Gasteiger partial charge on any atom is 0.223 e. The summed E-state index contributed by atoms with van der Waals surface area (Å²) in [7, 11) is 1.63. The predicted molar refractivity (Wildman–Crippen MR) is 108 cm³/mol. The van der Waals surface area contributed by atoms with Gasteiger partial charge in [0.25, 0.3) is 0 Å². The van der Waals surface area contributed by atoms with Crippen LogP contribution in [-0.4, -0.2) is 55.4 Å². The zero-order chi connectivity index (χ0) is 20.1. The third-order valence-corrected chi connectivity index (χ3v) is 5.99. The number of likely N-dealkylation sites (tertiary alicyclic amines) is 1. The maximum absolute atomic E-state index is 12.6. The molecule has 2 aliphatic rings. The number of carbonyl (C=O) groups excluding carboxylic acids is 1. The van der Waals surface area contributed by atoms with E-state index in [9.17, 15) is 4.79 Å². The number of rotatable bonds is 6. The molecule has 0 unspecified atom stereocenters. The van der Waals surface area contributed by atoms with Crippen molar-refractivity contribution in [1.29, 1.82) is 0 Å². The molecule has 0 radical (unpaired) electrons. The molecule has 29 heavy (non-hydrogen) atoms. The van der Waals surface area contributed by atoms with Gasteiger partial charge in [-0.05, 0) is 50.9 Å². The van der Waals surface area contributed by atoms with Gasteiger partial charge in [-0.1, -0.05) is 17.3 Å². The van der Waals surface area contributed by atoms with Crippen LogP contribution in [0.3, 0.4) is 0 Å². The van der Waals surface area contributed by atoms with Gasteiger partial charge in [-0.3, -0.25) is 4.79 Å². The summed E-state index contributed by atoms with van der Waals surface area (Å²) in [6.45, 7) is 4.05. The first-order valence-corrected chi connectivity index (χ1v) is 10.4. The topological polar surface area (TPSA) is 76.8 Å². The Balaban J connectivity index is 1.27. The summed E-state index contributed by atoms with van der Waals surface area (Å²) in [5, 5.41) is 7.14. The van der Waals surface area contributed by atoms with Gasteiger partial charge in [-0.15, -0.1) is 0 Å². The molecule has 1 aromatic heterocycles. The molecule has 7 heteroatoms. The number of aromatic nitrogens is 1. The summed E-state index contributed by atoms with van der Waals surface area (Å²) in [5.74, 6) is 1.56. The van der Waals surface area contributed by atoms with E-state index in [0.29, 0.717) is 24.0 Å². The Morgan fingerprint density at radius 2 is 1.97 bits per heavy atom. The van der Waals surface area contributed by atoms with E-state index in [1.807, 2.05) is 30.3 Å². The molecule has 2 saturated heterocycles. The van der Waals surface area contributed by atoms with Crippen molar-refractivity contribution in [2.45, 2.75) is 38.3 Å². The molecule has 2 aromatic rings. The fraction of sp³-hybridized carbons (Fsp3) is 0.545. The fourth-order valence-electron chi connectivity index (χ4n) is 4.28. The lowest BCUT2D eigenvalue weighted by molar-refractivity contribution is -0.127. The smallest absolute Gasteiger partial charge is 0.223 e. The van der Waals surface area contributed by atoms with Crippen LogP contribution >= 0.6 is 0 Å². The van der Waals surface area contributed by atoms with Gasteiger partial charge in [0.1, 0.15) is 11.4 Å². The lowest BCUT2D eigenvalue weighted by Crippen LogP contribution is -2.46. The van der Waals surface area contributed by atoms with Crippen LogP contribution in [0.5, 0.6) is 5.75 Å². The molecule has 0 saturated carbocycles. The molecule has 4 rings (SSSR count). The van der Waals surface area contributed by atoms with Gasteiger partial charge in [0.15, 0.2) is 5.76 Å². The van der Waals surface area contributed by atoms with Gasteiger partial charge in [-0.2, -0.15) is 0 Å². The van der Waals surface area contributed by atoms with Crippen molar-refractivity contribution in [2.24, 2.45) is 5.92 Å². The van der Waals surface area contributed by atoms with Gasteiger partial charge in [0, 0.05) is 36.8 Å². The lowest BCUT2D eigenvalue weighted by Gasteiger charge is -2.38. The van der Waals surface area contributed by atoms with Crippen LogP contribution in [0.25, 0.3) is 11.3 Å². The number of ether oxygens (including phenoxy) is 2. The molecule has 2 fully saturated rings. The average molecular weight is 399 g/mol. The molecule has 0 bridgehead atoms. The first-order chi connectivity index (χ1) is 14.2. The molecule has 0 spiro atoms. The number of hydrogen-bond donors (Lipinski definition) is 1. The van der Waals surface area contributed by atoms with Crippen LogP contribution in [-0.2, 0) is 16.1 Å². The van der Waals surface area contributed by atoms with E-state index in [1.54, 1.807) is 7.11 Å². The predicted octanol–water partition coefficient (Wildman–Crippen LogP) is 2.86. The lowest BCUT2D eigenvalue weighted by atomic mass is 9.93. The number of piperidine rings is 1. The number of methoxy groups -OCH3 is 1. The molecule has 1 amide bonds. The number of para-hydroxylation sites is 1. The summed E-state index contributed by atoms with van der Waals surface area (Å²) >= 11 is 0. The normalized spacial score (nSPS) is 19.2. The summed E-state index contributed by atoms with van der Waals surface area (Å²) in [4.78, 5) is 15.1. The van der Waals surface area contributed by atoms with E-state index < -0.39 is 0 Å². The first kappa shape index (κ1) is 19.9. The van der Waals surface area contributed by atoms with Crippen molar-refractivity contribution in [3.05, 3.63) is 36.1 Å². The number of nitrogens with zero attached hydrogens (tertiary/aromatic N) is 2. The highest BCUT2D eigenvalue weighted by molar-refractivity contribution is 5.78. The molecule has 156 valence electrons. The van der Waals surface area contributed by atoms with Crippen molar-refractivity contribution in [3.8, 4) is 17.0 Å². The van der Waals surface area contributed by atoms with Crippen LogP contribution in [0, 0.1) is 5.92 Å². The van der Waals surface area contributed by atoms with Gasteiger partial charge in [0.2, 0.25) is 5.91 Å². The minimum absolute atomic E-state index is 0.0719. The highest BCUT2D eigenvalue weighted by atomic mass is 16.5. The molecule has 1 N–H and O–H groups in total. The monoisotopic (exact) mass is 399 g/mol. The van der Waals surface area contributed by atoms with Crippen molar-refractivity contribution in [1.82, 2.24) is 15.4 Å². The summed E-state index contributed by atoms with van der Waals surface area (Å²) in [6.07, 6.45) is 4.03. The number of nitrogens with one attached hydrogen (secondary N) is 1. The van der Waals surface area contributed by atoms with Gasteiger partial charge in [-0.25, -0.2) is 0 Å². The van der Waals surface area contributed by atoms with E-state index in [0.717, 1.165) is 63.3 Å². The quantitative estimate of drug-likeness (QED) is 0.805. The SMILES string of the molecule is COc1ccccc1-c1cc(CNC(=O)C2CCN(C3CCOCC3)CC2)on1. The second-order valence-electron chi connectivity index (χ2n) is 7.75. The van der Waals surface area contributed by atoms with Crippen LogP contribution in [0.2, 0.25) is 0 Å². The third-order valence-electron chi connectivity index (χ3n) is 5.99. The second kappa shape index (κ2) is 9.41. The summed E-state index contributed by atoms with van der Waals surface area (Å²) < 4.78 is 16.2. The van der Waals surface area contributed by atoms with Gasteiger partial charge < -0.3 is 24.2 Å². The van der Waals surface area contributed by atoms with Crippen molar-refractivity contribution < 1.29 is 18.8 Å². The Morgan fingerprint density at radius 1 is 1.21 bits per heavy atom. The number of amides is 1. The van der Waals surface area contributed by atoms with E-state index in [-0.39, 0.29) is 11.8 Å². The molecule has 0 atom stereocenters. The second-order valence-corrected chi connectivity index (χ2v) is 7.75. The van der Waals surface area contributed by atoms with Crippen molar-refractivity contribution in [2.75, 3.05) is 33.4 Å². The first-order valence-electron chi connectivity index (χ1n) is 10.4. The maximum atomic E-state index is 12.6. The van der Waals surface area contributed by atoms with Crippen LogP contribution in [0.4, 0.5) is 0 Å². The Hall–Kier alpha value is -2.38. The standard InChI is InChI=1S/C22H29N3O4/c1-27-21-5-3-2-4-19(21)20-14-18(29-24-20)15-23-22(26)16-6-10-25(11-7-16)17-8-12-28-13-9-17/h2-5,14,16-17H,6-13,15H2,1H3,(H,23,26). The molecule has 7 nitrogen and oxygen atoms in total. The highest BCUT2D eigenvalue weighted by Crippen LogP contribution is 2.29. The minimum Gasteiger partial charge on any atom is -0.496 e. The fourth-order valence-corrected chi connectivity index (χ4v) is 4.28. The Morgan fingerprint density at radius 3 is 2.72 bits per heavy atom. The van der Waals surface area contributed by atoms with E-state index >= 15 is 0 Å². The number of carbonyl (C=O) groups is 1. The van der Waals surface area contributed by atoms with E-state index in [1.165, 1.54) is 0 Å². The summed E-state index contributed by atoms with van der Waals surface area (Å²) in [5.41, 5.74) is 1.58. The Labute approximate surface area is 171 Å². The average Bonchev–Trinajstić information content (AvgIpc) is 3.27. The molecule has 1 aromatic carbocycles. The summed E-state index contributed by atoms with van der Waals surface area (Å²) in [6, 6.07) is 10.1. The molecular weight excluding hydrogens is 370 g/mol. The number of hydrogen-bond acceptors (Lipinski definition) is 6. The molecule has 3 heterocycles. The van der Waals surface area contributed by atoms with Crippen LogP contribution in [0.1, 0.15) is 31.4 Å². The van der Waals surface area contributed by atoms with Crippen LogP contribution < -0.4 is 10.1 Å². The Kier molecular flexibility index (Phi) is 6.46. The van der Waals surface area contributed by atoms with Crippen LogP contribution in [0.15, 0.2) is 34.9 Å². The molecule has 2 aliphatic heterocycles. The minimum atomic E-state index is 0.0719. The zero-order valence-corrected chi connectivity index (χ0v) is 16.9. The largest absolute Gasteiger partial charge is 0.496 e. The van der Waals surface area contributed by atoms with E-state index in [4.69, 9.17) is 14.0 Å². The molecular formula is C22H29N3O4. The van der Waals surface area contributed by atoms with Gasteiger partial charge in [0.05, 0.1) is 13.7 Å². The highest BCUT2D eigenvalue weighted by Gasteiger charge is 2.29. The van der Waals surface area contributed by atoms with E-state index in [2.05, 4.69) is 15.4 Å². The third kappa shape index (κ3) is 4.79. The Bertz CT molecular complexity index is 808. The zero-order valence-electron chi connectivity index (χ0n) is 16.9. The van der Waals surface area contributed by atoms with Crippen molar-refractivity contribution >= 4 is 5.91 Å². The number of benzene rings is 1. The van der Waals surface area contributed by atoms with Gasteiger partial charge >= 0.3 is 0 Å². The molecule has 0 aliphatic carbocycles.